The van der Waals surface area contributed by atoms with Crippen LogP contribution in [0.1, 0.15) is 194 Å². The average Bonchev–Trinajstić information content (AvgIpc) is 3.20. The Kier molecular flexibility index (Phi) is 39.4. The third-order valence-electron chi connectivity index (χ3n) is 9.55. The molecule has 0 aliphatic heterocycles. The van der Waals surface area contributed by atoms with Crippen molar-refractivity contribution in [2.45, 2.75) is 206 Å². The smallest absolute Gasteiger partial charge is 0.472 e. The Morgan fingerprint density at radius 2 is 0.931 bits per heavy atom. The second-order valence-corrected chi connectivity index (χ2v) is 16.6. The van der Waals surface area contributed by atoms with Gasteiger partial charge in [-0.2, -0.15) is 0 Å². The largest absolute Gasteiger partial charge is 0.480 e. The third-order valence-corrected chi connectivity index (χ3v) is 10.5. The number of phosphoric acid groups is 1. The highest BCUT2D eigenvalue weighted by Gasteiger charge is 2.28. The molecule has 11 nitrogen and oxygen atoms in total. The van der Waals surface area contributed by atoms with Crippen LogP contribution in [0.15, 0.2) is 48.6 Å². The van der Waals surface area contributed by atoms with Gasteiger partial charge in [-0.05, 0) is 70.6 Å². The molecule has 58 heavy (non-hydrogen) atoms. The second kappa shape index (κ2) is 41.2. The standard InChI is InChI=1S/C46H82NO10P/c1-3-5-7-9-11-13-15-17-19-21-23-25-27-29-31-33-35-37-44(48)54-39-42(40-55-58(52,53)56-41-43(47)46(50)51)57-45(49)38-36-34-32-30-28-26-24-22-20-18-16-14-12-10-8-6-4-2/h12,14,18,20,23,25,29,31,42-43H,3-11,13,15-17,19,21-22,24,26-28,30,32-41,47H2,1-2H3,(H,50,51)(H,52,53)/b14-12+,20-18+,25-23+,31-29+/t42-,43+/m1/s1. The quantitative estimate of drug-likeness (QED) is 0.0231. The van der Waals surface area contributed by atoms with E-state index >= 15 is 0 Å². The van der Waals surface area contributed by atoms with E-state index < -0.39 is 51.1 Å². The Hall–Kier alpha value is -2.56. The molecule has 0 fully saturated rings. The van der Waals surface area contributed by atoms with Crippen LogP contribution in [-0.4, -0.2) is 59.9 Å². The van der Waals surface area contributed by atoms with Crippen molar-refractivity contribution in [3.05, 3.63) is 48.6 Å². The van der Waals surface area contributed by atoms with Gasteiger partial charge in [-0.3, -0.25) is 23.4 Å². The van der Waals surface area contributed by atoms with Crippen molar-refractivity contribution in [3.63, 3.8) is 0 Å². The number of carbonyl (C=O) groups excluding carboxylic acids is 2. The molecule has 0 heterocycles. The monoisotopic (exact) mass is 840 g/mol. The van der Waals surface area contributed by atoms with Crippen molar-refractivity contribution in [1.82, 2.24) is 0 Å². The molecule has 0 aromatic heterocycles. The van der Waals surface area contributed by atoms with E-state index in [0.29, 0.717) is 19.3 Å². The highest BCUT2D eigenvalue weighted by Crippen LogP contribution is 2.43. The predicted octanol–water partition coefficient (Wildman–Crippen LogP) is 12.2. The van der Waals surface area contributed by atoms with Crippen LogP contribution in [0.2, 0.25) is 0 Å². The maximum Gasteiger partial charge on any atom is 0.472 e. The Bertz CT molecular complexity index is 1170. The molecule has 0 aromatic rings. The van der Waals surface area contributed by atoms with Crippen LogP contribution in [0.3, 0.4) is 0 Å². The van der Waals surface area contributed by atoms with Crippen LogP contribution in [0, 0.1) is 0 Å². The fourth-order valence-electron chi connectivity index (χ4n) is 5.96. The van der Waals surface area contributed by atoms with E-state index in [-0.39, 0.29) is 19.4 Å². The summed E-state index contributed by atoms with van der Waals surface area (Å²) in [6, 6.07) is -1.53. The molecule has 12 heteroatoms. The molecule has 1 unspecified atom stereocenters. The van der Waals surface area contributed by atoms with Gasteiger partial charge in [0.2, 0.25) is 0 Å². The zero-order valence-corrected chi connectivity index (χ0v) is 37.3. The van der Waals surface area contributed by atoms with Gasteiger partial charge < -0.3 is 25.2 Å². The summed E-state index contributed by atoms with van der Waals surface area (Å²) in [7, 11) is -4.73. The van der Waals surface area contributed by atoms with Gasteiger partial charge in [0, 0.05) is 12.8 Å². The first-order chi connectivity index (χ1) is 28.1. The Labute approximate surface area is 352 Å². The average molecular weight is 840 g/mol. The van der Waals surface area contributed by atoms with E-state index in [1.54, 1.807) is 0 Å². The molecule has 0 amide bonds. The molecule has 0 aliphatic rings. The zero-order chi connectivity index (χ0) is 42.8. The number of esters is 2. The van der Waals surface area contributed by atoms with Crippen molar-refractivity contribution in [1.29, 1.82) is 0 Å². The van der Waals surface area contributed by atoms with Gasteiger partial charge in [-0.25, -0.2) is 4.57 Å². The molecule has 0 saturated heterocycles. The van der Waals surface area contributed by atoms with Gasteiger partial charge in [-0.1, -0.05) is 159 Å². The van der Waals surface area contributed by atoms with Crippen molar-refractivity contribution in [2.75, 3.05) is 19.8 Å². The number of hydrogen-bond donors (Lipinski definition) is 3. The van der Waals surface area contributed by atoms with Gasteiger partial charge in [0.05, 0.1) is 13.2 Å². The summed E-state index contributed by atoms with van der Waals surface area (Å²) in [6.45, 7) is 2.73. The molecule has 0 aliphatic carbocycles. The summed E-state index contributed by atoms with van der Waals surface area (Å²) < 4.78 is 32.7. The van der Waals surface area contributed by atoms with Crippen molar-refractivity contribution in [3.8, 4) is 0 Å². The molecule has 0 bridgehead atoms. The predicted molar refractivity (Wildman–Crippen MR) is 235 cm³/mol. The van der Waals surface area contributed by atoms with Crippen LogP contribution in [-0.2, 0) is 37.5 Å². The van der Waals surface area contributed by atoms with Crippen LogP contribution < -0.4 is 5.73 Å². The lowest BCUT2D eigenvalue weighted by Gasteiger charge is -2.20. The maximum absolute atomic E-state index is 12.6. The number of allylic oxidation sites excluding steroid dienone is 8. The second-order valence-electron chi connectivity index (χ2n) is 15.2. The summed E-state index contributed by atoms with van der Waals surface area (Å²) >= 11 is 0. The molecular formula is C46H82NO10P. The summed E-state index contributed by atoms with van der Waals surface area (Å²) in [5.74, 6) is -2.45. The molecule has 3 atom stereocenters. The van der Waals surface area contributed by atoms with Gasteiger partial charge in [0.25, 0.3) is 0 Å². The zero-order valence-electron chi connectivity index (χ0n) is 36.4. The fraction of sp³-hybridized carbons (Fsp3) is 0.761. The minimum Gasteiger partial charge on any atom is -0.480 e. The van der Waals surface area contributed by atoms with Crippen molar-refractivity contribution in [2.24, 2.45) is 5.73 Å². The number of carboxylic acids is 1. The van der Waals surface area contributed by atoms with Crippen molar-refractivity contribution < 1.29 is 47.5 Å². The topological polar surface area (TPSA) is 172 Å². The van der Waals surface area contributed by atoms with E-state index in [9.17, 15) is 23.8 Å². The van der Waals surface area contributed by atoms with Crippen LogP contribution in [0.4, 0.5) is 0 Å². The SMILES string of the molecule is CCCCC/C=C/C/C=C/CCCCCCCCCC(=O)O[C@H](COC(=O)CCC/C=C/C/C=C/CCCCCCCCCCC)COP(=O)(O)OC[C@H](N)C(=O)O. The normalized spacial score (nSPS) is 14.1. The van der Waals surface area contributed by atoms with Crippen molar-refractivity contribution >= 4 is 25.7 Å². The Morgan fingerprint density at radius 1 is 0.534 bits per heavy atom. The highest BCUT2D eigenvalue weighted by atomic mass is 31.2. The Balaban J connectivity index is 4.41. The van der Waals surface area contributed by atoms with E-state index in [2.05, 4.69) is 60.9 Å². The molecule has 0 spiro atoms. The first-order valence-electron chi connectivity index (χ1n) is 22.7. The molecular weight excluding hydrogens is 757 g/mol. The number of carbonyl (C=O) groups is 3. The number of rotatable bonds is 42. The van der Waals surface area contributed by atoms with Gasteiger partial charge >= 0.3 is 25.7 Å². The highest BCUT2D eigenvalue weighted by molar-refractivity contribution is 7.47. The lowest BCUT2D eigenvalue weighted by atomic mass is 10.1. The molecule has 0 aromatic carbocycles. The minimum atomic E-state index is -4.73. The molecule has 0 rings (SSSR count). The molecule has 0 saturated carbocycles. The van der Waals surface area contributed by atoms with Gasteiger partial charge in [0.1, 0.15) is 12.6 Å². The number of ether oxygens (including phenoxy) is 2. The summed E-state index contributed by atoms with van der Waals surface area (Å²) in [4.78, 5) is 46.0. The number of unbranched alkanes of at least 4 members (excludes halogenated alkanes) is 20. The van der Waals surface area contributed by atoms with E-state index in [0.717, 1.165) is 51.4 Å². The molecule has 336 valence electrons. The van der Waals surface area contributed by atoms with E-state index in [1.807, 2.05) is 6.08 Å². The lowest BCUT2D eigenvalue weighted by molar-refractivity contribution is -0.161. The van der Waals surface area contributed by atoms with Crippen LogP contribution in [0.5, 0.6) is 0 Å². The van der Waals surface area contributed by atoms with E-state index in [4.69, 9.17) is 24.8 Å². The van der Waals surface area contributed by atoms with Crippen LogP contribution >= 0.6 is 7.82 Å². The number of carboxylic acid groups (broad SMARTS) is 1. The maximum atomic E-state index is 12.6. The lowest BCUT2D eigenvalue weighted by Crippen LogP contribution is -2.34. The summed E-state index contributed by atoms with van der Waals surface area (Å²) in [6.07, 6.45) is 46.1. The third kappa shape index (κ3) is 40.2. The number of hydrogen-bond acceptors (Lipinski definition) is 9. The minimum absolute atomic E-state index is 0.143. The number of phosphoric ester groups is 1. The van der Waals surface area contributed by atoms with Gasteiger partial charge in [0.15, 0.2) is 6.10 Å². The summed E-state index contributed by atoms with van der Waals surface area (Å²) in [5.41, 5.74) is 5.33. The number of aliphatic carboxylic acids is 1. The first-order valence-corrected chi connectivity index (χ1v) is 24.2. The fourth-order valence-corrected chi connectivity index (χ4v) is 6.74. The number of nitrogens with two attached hydrogens (primary N) is 1. The molecule has 0 radical (unpaired) electrons. The summed E-state index contributed by atoms with van der Waals surface area (Å²) in [5, 5.41) is 8.89. The van der Waals surface area contributed by atoms with E-state index in [1.165, 1.54) is 96.3 Å². The first kappa shape index (κ1) is 55.4. The molecule has 4 N–H and O–H groups in total. The Morgan fingerprint density at radius 3 is 1.43 bits per heavy atom. The van der Waals surface area contributed by atoms with Gasteiger partial charge in [-0.15, -0.1) is 0 Å². The van der Waals surface area contributed by atoms with Crippen LogP contribution in [0.25, 0.3) is 0 Å².